The Balaban J connectivity index is 1.97. The summed E-state index contributed by atoms with van der Waals surface area (Å²) >= 11 is 1.77. The van der Waals surface area contributed by atoms with Crippen molar-refractivity contribution in [2.45, 2.75) is 11.8 Å². The molecule has 0 saturated carbocycles. The summed E-state index contributed by atoms with van der Waals surface area (Å²) in [5.74, 6) is 1.78. The molecule has 2 aromatic carbocycles. The molecule has 1 aliphatic rings. The van der Waals surface area contributed by atoms with E-state index in [2.05, 4.69) is 69.4 Å². The lowest BCUT2D eigenvalue weighted by Gasteiger charge is -2.09. The Labute approximate surface area is 127 Å². The van der Waals surface area contributed by atoms with E-state index in [-0.39, 0.29) is 0 Å². The first-order chi connectivity index (χ1) is 10.3. The second kappa shape index (κ2) is 4.90. The Morgan fingerprint density at radius 2 is 1.67 bits per heavy atom. The number of aryl methyl sites for hydroxylation is 1. The third-order valence-electron chi connectivity index (χ3n) is 3.49. The van der Waals surface area contributed by atoms with Crippen LogP contribution < -0.4 is 0 Å². The molecule has 21 heavy (non-hydrogen) atoms. The lowest BCUT2D eigenvalue weighted by Crippen LogP contribution is -1.99. The molecule has 0 N–H and O–H groups in total. The number of fused-ring (bicyclic) bond motifs is 3. The van der Waals surface area contributed by atoms with Crippen LogP contribution in [0.4, 0.5) is 0 Å². The number of nitrogens with zero attached hydrogens (tertiary/aromatic N) is 3. The van der Waals surface area contributed by atoms with Gasteiger partial charge in [-0.05, 0) is 30.7 Å². The van der Waals surface area contributed by atoms with Gasteiger partial charge in [-0.1, -0.05) is 54.2 Å². The fourth-order valence-corrected chi connectivity index (χ4v) is 3.57. The molecule has 0 unspecified atom stereocenters. The van der Waals surface area contributed by atoms with Crippen molar-refractivity contribution >= 4 is 22.7 Å². The van der Waals surface area contributed by atoms with Crippen LogP contribution in [0.2, 0.25) is 0 Å². The van der Waals surface area contributed by atoms with Crippen molar-refractivity contribution in [3.8, 4) is 5.69 Å². The van der Waals surface area contributed by atoms with Crippen LogP contribution in [0.3, 0.4) is 0 Å². The van der Waals surface area contributed by atoms with Crippen LogP contribution in [0.25, 0.3) is 16.7 Å². The van der Waals surface area contributed by atoms with Gasteiger partial charge in [-0.25, -0.2) is 0 Å². The first-order valence-corrected chi connectivity index (χ1v) is 7.61. The third-order valence-corrected chi connectivity index (χ3v) is 4.63. The summed E-state index contributed by atoms with van der Waals surface area (Å²) in [5, 5.41) is 8.54. The minimum atomic E-state index is 0.879. The third kappa shape index (κ3) is 2.08. The molecule has 0 radical (unpaired) electrons. The number of benzene rings is 2. The van der Waals surface area contributed by atoms with Crippen molar-refractivity contribution in [1.82, 2.24) is 14.8 Å². The predicted molar refractivity (Wildman–Crippen MR) is 86.3 cm³/mol. The van der Waals surface area contributed by atoms with Crippen molar-refractivity contribution in [1.29, 1.82) is 0 Å². The summed E-state index contributed by atoms with van der Waals surface area (Å²) in [6.07, 6.45) is 2.11. The molecule has 0 amide bonds. The lowest BCUT2D eigenvalue weighted by atomic mass is 10.2. The molecule has 0 fully saturated rings. The smallest absolute Gasteiger partial charge is 0.162 e. The minimum absolute atomic E-state index is 0.879. The number of hydrogen-bond donors (Lipinski definition) is 0. The maximum Gasteiger partial charge on any atom is 0.162 e. The van der Waals surface area contributed by atoms with Crippen LogP contribution in [0.15, 0.2) is 59.5 Å². The fraction of sp³-hybridized carbons (Fsp3) is 0.0588. The molecule has 0 aliphatic carbocycles. The number of para-hydroxylation sites is 1. The van der Waals surface area contributed by atoms with Crippen molar-refractivity contribution in [2.24, 2.45) is 0 Å². The molecule has 3 nitrogen and oxygen atoms in total. The Morgan fingerprint density at radius 1 is 0.905 bits per heavy atom. The highest BCUT2D eigenvalue weighted by Crippen LogP contribution is 2.41. The summed E-state index contributed by atoms with van der Waals surface area (Å²) in [4.78, 5) is 2.41. The normalized spacial score (nSPS) is 13.1. The second-order valence-corrected chi connectivity index (χ2v) is 5.97. The van der Waals surface area contributed by atoms with Gasteiger partial charge in [0.15, 0.2) is 5.82 Å². The molecule has 3 aromatic rings. The molecule has 0 spiro atoms. The zero-order chi connectivity index (χ0) is 14.2. The maximum atomic E-state index is 4.31. The molecule has 1 aromatic heterocycles. The number of rotatable bonds is 1. The molecule has 2 heterocycles. The lowest BCUT2D eigenvalue weighted by molar-refractivity contribution is 0.945. The molecule has 1 aliphatic heterocycles. The van der Waals surface area contributed by atoms with E-state index in [4.69, 9.17) is 0 Å². The van der Waals surface area contributed by atoms with Gasteiger partial charge in [-0.15, -0.1) is 10.2 Å². The molecule has 102 valence electrons. The van der Waals surface area contributed by atoms with Crippen LogP contribution in [-0.4, -0.2) is 14.8 Å². The van der Waals surface area contributed by atoms with E-state index < -0.39 is 0 Å². The molecule has 0 saturated heterocycles. The number of aromatic nitrogens is 3. The molecule has 4 rings (SSSR count). The van der Waals surface area contributed by atoms with Crippen LogP contribution in [0.5, 0.6) is 0 Å². The van der Waals surface area contributed by atoms with E-state index in [9.17, 15) is 0 Å². The SMILES string of the molecule is Cc1nnc2n1-c1ccccc1SC(c1ccccc1)=C2. The average Bonchev–Trinajstić information content (AvgIpc) is 2.80. The van der Waals surface area contributed by atoms with Gasteiger partial charge < -0.3 is 0 Å². The fourth-order valence-electron chi connectivity index (χ4n) is 2.51. The highest BCUT2D eigenvalue weighted by Gasteiger charge is 2.19. The monoisotopic (exact) mass is 291 g/mol. The van der Waals surface area contributed by atoms with Gasteiger partial charge in [0.1, 0.15) is 5.82 Å². The van der Waals surface area contributed by atoms with E-state index >= 15 is 0 Å². The van der Waals surface area contributed by atoms with Gasteiger partial charge in [-0.2, -0.15) is 0 Å². The highest BCUT2D eigenvalue weighted by atomic mass is 32.2. The van der Waals surface area contributed by atoms with E-state index in [0.717, 1.165) is 17.3 Å². The van der Waals surface area contributed by atoms with Crippen LogP contribution in [0, 0.1) is 6.92 Å². The second-order valence-electron chi connectivity index (χ2n) is 4.89. The van der Waals surface area contributed by atoms with Gasteiger partial charge in [0.2, 0.25) is 0 Å². The number of hydrogen-bond acceptors (Lipinski definition) is 3. The molecule has 4 heteroatoms. The Hall–Kier alpha value is -2.33. The quantitative estimate of drug-likeness (QED) is 0.674. The summed E-state index contributed by atoms with van der Waals surface area (Å²) < 4.78 is 2.11. The molecule has 0 bridgehead atoms. The van der Waals surface area contributed by atoms with E-state index in [1.165, 1.54) is 15.4 Å². The number of thioether (sulfide) groups is 1. The summed E-state index contributed by atoms with van der Waals surface area (Å²) in [7, 11) is 0. The summed E-state index contributed by atoms with van der Waals surface area (Å²) in [6.45, 7) is 1.99. The first kappa shape index (κ1) is 12.4. The van der Waals surface area contributed by atoms with Gasteiger partial charge in [0.05, 0.1) is 5.69 Å². The van der Waals surface area contributed by atoms with Gasteiger partial charge in [0, 0.05) is 9.80 Å². The van der Waals surface area contributed by atoms with Gasteiger partial charge in [0.25, 0.3) is 0 Å². The standard InChI is InChI=1S/C17H13N3S/c1-12-18-19-17-11-16(13-7-3-2-4-8-13)21-15-10-6-5-9-14(15)20(12)17/h2-11H,1H3. The predicted octanol–water partition coefficient (Wildman–Crippen LogP) is 4.18. The maximum absolute atomic E-state index is 4.31. The zero-order valence-corrected chi connectivity index (χ0v) is 12.3. The highest BCUT2D eigenvalue weighted by molar-refractivity contribution is 8.08. The topological polar surface area (TPSA) is 30.7 Å². The van der Waals surface area contributed by atoms with Crippen molar-refractivity contribution < 1.29 is 0 Å². The first-order valence-electron chi connectivity index (χ1n) is 6.79. The largest absolute Gasteiger partial charge is 0.279 e. The van der Waals surface area contributed by atoms with Crippen LogP contribution in [0.1, 0.15) is 17.2 Å². The summed E-state index contributed by atoms with van der Waals surface area (Å²) in [5.41, 5.74) is 2.34. The van der Waals surface area contributed by atoms with Crippen molar-refractivity contribution in [2.75, 3.05) is 0 Å². The van der Waals surface area contributed by atoms with E-state index in [0.29, 0.717) is 0 Å². The Morgan fingerprint density at radius 3 is 2.52 bits per heavy atom. The van der Waals surface area contributed by atoms with E-state index in [1.807, 2.05) is 13.0 Å². The summed E-state index contributed by atoms with van der Waals surface area (Å²) in [6, 6.07) is 18.8. The average molecular weight is 291 g/mol. The molecular weight excluding hydrogens is 278 g/mol. The molecular formula is C17H13N3S. The molecule has 0 atom stereocenters. The van der Waals surface area contributed by atoms with Crippen LogP contribution >= 0.6 is 11.8 Å². The Bertz CT molecular complexity index is 834. The Kier molecular flexibility index (Phi) is 2.89. The minimum Gasteiger partial charge on any atom is -0.279 e. The van der Waals surface area contributed by atoms with Gasteiger partial charge in [-0.3, -0.25) is 4.57 Å². The van der Waals surface area contributed by atoms with Crippen molar-refractivity contribution in [3.05, 3.63) is 71.8 Å². The van der Waals surface area contributed by atoms with Gasteiger partial charge >= 0.3 is 0 Å². The van der Waals surface area contributed by atoms with Crippen molar-refractivity contribution in [3.63, 3.8) is 0 Å². The van der Waals surface area contributed by atoms with E-state index in [1.54, 1.807) is 11.8 Å². The zero-order valence-electron chi connectivity index (χ0n) is 11.5. The van der Waals surface area contributed by atoms with Crippen LogP contribution in [-0.2, 0) is 0 Å².